The molecule has 3 atom stereocenters. The Hall–Kier alpha value is -0.490. The average Bonchev–Trinajstić information content (AvgIpc) is 2.86. The predicted molar refractivity (Wildman–Crippen MR) is 82.7 cm³/mol. The van der Waals surface area contributed by atoms with E-state index in [9.17, 15) is 4.39 Å². The van der Waals surface area contributed by atoms with Crippen molar-refractivity contribution in [1.29, 1.82) is 0 Å². The molecule has 3 unspecified atom stereocenters. The minimum atomic E-state index is -0.203. The molecule has 116 valence electrons. The van der Waals surface area contributed by atoms with Crippen LogP contribution in [0.25, 0.3) is 0 Å². The van der Waals surface area contributed by atoms with Crippen LogP contribution >= 0.6 is 15.9 Å². The highest BCUT2D eigenvalue weighted by Crippen LogP contribution is 2.41. The molecule has 0 bridgehead atoms. The van der Waals surface area contributed by atoms with Gasteiger partial charge in [-0.3, -0.25) is 0 Å². The lowest BCUT2D eigenvalue weighted by Crippen LogP contribution is -2.43. The summed E-state index contributed by atoms with van der Waals surface area (Å²) in [5.74, 6) is 0.227. The number of nitrogens with one attached hydrogen (secondary N) is 1. The largest absolute Gasteiger partial charge is 0.378 e. The second-order valence-electron chi connectivity index (χ2n) is 6.06. The predicted octanol–water partition coefficient (Wildman–Crippen LogP) is 3.43. The molecule has 1 spiro atoms. The van der Waals surface area contributed by atoms with Gasteiger partial charge in [0.05, 0.1) is 12.2 Å². The smallest absolute Gasteiger partial charge is 0.124 e. The van der Waals surface area contributed by atoms with Gasteiger partial charge in [-0.1, -0.05) is 15.9 Å². The lowest BCUT2D eigenvalue weighted by Gasteiger charge is -2.40. The van der Waals surface area contributed by atoms with E-state index in [2.05, 4.69) is 21.2 Å². The van der Waals surface area contributed by atoms with Crippen molar-refractivity contribution in [3.8, 4) is 0 Å². The molecule has 2 saturated heterocycles. The number of halogens is 2. The quantitative estimate of drug-likeness (QED) is 0.898. The first-order chi connectivity index (χ1) is 10.1. The number of hydrogen-bond acceptors (Lipinski definition) is 3. The van der Waals surface area contributed by atoms with Crippen LogP contribution in [0.4, 0.5) is 4.39 Å². The van der Waals surface area contributed by atoms with Crippen molar-refractivity contribution < 1.29 is 13.9 Å². The maximum atomic E-state index is 13.7. The number of benzene rings is 1. The molecule has 2 aliphatic rings. The van der Waals surface area contributed by atoms with Gasteiger partial charge >= 0.3 is 0 Å². The average molecular weight is 358 g/mol. The fourth-order valence-electron chi connectivity index (χ4n) is 3.64. The minimum absolute atomic E-state index is 0.122. The second kappa shape index (κ2) is 6.32. The highest BCUT2D eigenvalue weighted by atomic mass is 79.9. The van der Waals surface area contributed by atoms with E-state index in [-0.39, 0.29) is 17.5 Å². The van der Waals surface area contributed by atoms with Gasteiger partial charge in [-0.25, -0.2) is 4.39 Å². The summed E-state index contributed by atoms with van der Waals surface area (Å²) in [6, 6.07) is 5.25. The minimum Gasteiger partial charge on any atom is -0.378 e. The summed E-state index contributed by atoms with van der Waals surface area (Å²) in [6.07, 6.45) is 2.92. The summed E-state index contributed by atoms with van der Waals surface area (Å²) >= 11 is 3.38. The molecule has 0 aromatic heterocycles. The molecule has 3 rings (SSSR count). The molecule has 1 aromatic carbocycles. The van der Waals surface area contributed by atoms with E-state index in [4.69, 9.17) is 9.47 Å². The normalized spacial score (nSPS) is 30.7. The Morgan fingerprint density at radius 1 is 1.38 bits per heavy atom. The third kappa shape index (κ3) is 3.31. The Labute approximate surface area is 133 Å². The van der Waals surface area contributed by atoms with Gasteiger partial charge in [-0.2, -0.15) is 0 Å². The molecular formula is C16H21BrFNO2. The zero-order valence-electron chi connectivity index (χ0n) is 12.2. The molecule has 1 aromatic rings. The van der Waals surface area contributed by atoms with Gasteiger partial charge < -0.3 is 14.8 Å². The van der Waals surface area contributed by atoms with E-state index in [1.165, 1.54) is 6.07 Å². The van der Waals surface area contributed by atoms with Crippen LogP contribution in [-0.2, 0) is 9.47 Å². The third-order valence-electron chi connectivity index (χ3n) is 4.62. The molecular weight excluding hydrogens is 337 g/mol. The molecule has 0 saturated carbocycles. The Balaban J connectivity index is 1.82. The van der Waals surface area contributed by atoms with E-state index in [1.54, 1.807) is 6.07 Å². The van der Waals surface area contributed by atoms with Crippen LogP contribution in [0.1, 0.15) is 30.9 Å². The van der Waals surface area contributed by atoms with Crippen LogP contribution in [0, 0.1) is 11.7 Å². The molecule has 2 aliphatic heterocycles. The van der Waals surface area contributed by atoms with E-state index in [0.717, 1.165) is 42.5 Å². The second-order valence-corrected chi connectivity index (χ2v) is 6.97. The number of rotatable bonds is 3. The summed E-state index contributed by atoms with van der Waals surface area (Å²) in [5, 5.41) is 3.36. The van der Waals surface area contributed by atoms with Crippen molar-refractivity contribution in [1.82, 2.24) is 5.32 Å². The van der Waals surface area contributed by atoms with Gasteiger partial charge in [0.15, 0.2) is 0 Å². The van der Waals surface area contributed by atoms with E-state index in [0.29, 0.717) is 12.5 Å². The molecule has 5 heteroatoms. The Morgan fingerprint density at radius 3 is 2.90 bits per heavy atom. The summed E-state index contributed by atoms with van der Waals surface area (Å²) in [4.78, 5) is 0. The Bertz CT molecular complexity index is 485. The SMILES string of the molecule is CNC(c1cc(F)cc(Br)c1)C1CCOC2(CCOC2)C1. The van der Waals surface area contributed by atoms with Crippen molar-refractivity contribution in [3.63, 3.8) is 0 Å². The molecule has 0 radical (unpaired) electrons. The first-order valence-corrected chi connectivity index (χ1v) is 8.26. The summed E-state index contributed by atoms with van der Waals surface area (Å²) in [7, 11) is 1.94. The summed E-state index contributed by atoms with van der Waals surface area (Å²) in [5.41, 5.74) is 0.869. The topological polar surface area (TPSA) is 30.5 Å². The van der Waals surface area contributed by atoms with Gasteiger partial charge in [0.2, 0.25) is 0 Å². The highest BCUT2D eigenvalue weighted by molar-refractivity contribution is 9.10. The lowest BCUT2D eigenvalue weighted by atomic mass is 9.79. The molecule has 2 fully saturated rings. The molecule has 21 heavy (non-hydrogen) atoms. The zero-order valence-corrected chi connectivity index (χ0v) is 13.8. The van der Waals surface area contributed by atoms with Crippen LogP contribution in [0.15, 0.2) is 22.7 Å². The van der Waals surface area contributed by atoms with Gasteiger partial charge in [-0.15, -0.1) is 0 Å². The van der Waals surface area contributed by atoms with Crippen LogP contribution < -0.4 is 5.32 Å². The number of ether oxygens (including phenoxy) is 2. The van der Waals surface area contributed by atoms with Gasteiger partial charge in [-0.05, 0) is 49.6 Å². The fraction of sp³-hybridized carbons (Fsp3) is 0.625. The monoisotopic (exact) mass is 357 g/mol. The standard InChI is InChI=1S/C16H21BrFNO2/c1-19-15(12-6-13(17)8-14(18)7-12)11-2-4-21-16(9-11)3-5-20-10-16/h6-8,11,15,19H,2-5,9-10H2,1H3. The van der Waals surface area contributed by atoms with Crippen molar-refractivity contribution in [3.05, 3.63) is 34.1 Å². The van der Waals surface area contributed by atoms with Crippen molar-refractivity contribution in [2.75, 3.05) is 26.9 Å². The lowest BCUT2D eigenvalue weighted by molar-refractivity contribution is -0.103. The van der Waals surface area contributed by atoms with Crippen molar-refractivity contribution in [2.24, 2.45) is 5.92 Å². The Morgan fingerprint density at radius 2 is 2.24 bits per heavy atom. The van der Waals surface area contributed by atoms with Gasteiger partial charge in [0.1, 0.15) is 5.82 Å². The molecule has 2 heterocycles. The number of hydrogen-bond donors (Lipinski definition) is 1. The summed E-state index contributed by atoms with van der Waals surface area (Å²) < 4.78 is 26.0. The van der Waals surface area contributed by atoms with Gasteiger partial charge in [0, 0.05) is 30.1 Å². The van der Waals surface area contributed by atoms with Crippen molar-refractivity contribution >= 4 is 15.9 Å². The van der Waals surface area contributed by atoms with Gasteiger partial charge in [0.25, 0.3) is 0 Å². The molecule has 1 N–H and O–H groups in total. The highest BCUT2D eigenvalue weighted by Gasteiger charge is 2.43. The molecule has 3 nitrogen and oxygen atoms in total. The van der Waals surface area contributed by atoms with Crippen LogP contribution in [0.5, 0.6) is 0 Å². The molecule has 0 amide bonds. The zero-order chi connectivity index (χ0) is 14.9. The first kappa shape index (κ1) is 15.4. The first-order valence-electron chi connectivity index (χ1n) is 7.47. The molecule has 0 aliphatic carbocycles. The van der Waals surface area contributed by atoms with E-state index < -0.39 is 0 Å². The fourth-order valence-corrected chi connectivity index (χ4v) is 4.13. The summed E-state index contributed by atoms with van der Waals surface area (Å²) in [6.45, 7) is 2.22. The Kier molecular flexibility index (Phi) is 4.64. The van der Waals surface area contributed by atoms with E-state index >= 15 is 0 Å². The third-order valence-corrected chi connectivity index (χ3v) is 5.08. The van der Waals surface area contributed by atoms with Crippen LogP contribution in [-0.4, -0.2) is 32.5 Å². The van der Waals surface area contributed by atoms with Crippen LogP contribution in [0.2, 0.25) is 0 Å². The van der Waals surface area contributed by atoms with E-state index in [1.807, 2.05) is 13.1 Å². The van der Waals surface area contributed by atoms with Crippen molar-refractivity contribution in [2.45, 2.75) is 30.9 Å². The van der Waals surface area contributed by atoms with Crippen LogP contribution in [0.3, 0.4) is 0 Å². The maximum Gasteiger partial charge on any atom is 0.124 e. The maximum absolute atomic E-state index is 13.7.